The number of hydrogen-bond donors (Lipinski definition) is 2. The van der Waals surface area contributed by atoms with Crippen molar-refractivity contribution in [3.05, 3.63) is 23.8 Å². The topological polar surface area (TPSA) is 93.5 Å². The number of nitrogens with zero attached hydrogens (tertiary/aromatic N) is 2. The number of aromatic nitrogens is 2. The first kappa shape index (κ1) is 23.0. The lowest BCUT2D eigenvalue weighted by Crippen LogP contribution is -2.33. The molecular weight excluding hydrogens is 370 g/mol. The Morgan fingerprint density at radius 1 is 1.41 bits per heavy atom. The summed E-state index contributed by atoms with van der Waals surface area (Å²) in [7, 11) is 0. The van der Waals surface area contributed by atoms with Gasteiger partial charge < -0.3 is 19.7 Å². The zero-order valence-corrected chi connectivity index (χ0v) is 18.3. The number of nitrogens with one attached hydrogen (secondary N) is 1. The van der Waals surface area contributed by atoms with E-state index < -0.39 is 17.7 Å². The van der Waals surface area contributed by atoms with Crippen LogP contribution in [-0.2, 0) is 9.53 Å². The molecule has 162 valence electrons. The number of carboxylic acids is 1. The molecule has 1 aliphatic rings. The van der Waals surface area contributed by atoms with Crippen molar-refractivity contribution >= 4 is 18.1 Å². The van der Waals surface area contributed by atoms with Gasteiger partial charge in [-0.05, 0) is 64.4 Å². The third kappa shape index (κ3) is 7.91. The van der Waals surface area contributed by atoms with E-state index in [1.807, 2.05) is 6.20 Å². The van der Waals surface area contributed by atoms with E-state index in [0.29, 0.717) is 36.5 Å². The fraction of sp³-hybridized carbons (Fsp3) is 0.682. The SMILES string of the molecule is CC1(C)CCCC(n2cnc(/C=C(\CCCNC(=O)OC(C)(C)C)C(=O)O)c2)C1. The molecule has 1 saturated carbocycles. The molecule has 1 heterocycles. The minimum Gasteiger partial charge on any atom is -0.478 e. The number of rotatable bonds is 7. The van der Waals surface area contributed by atoms with Crippen molar-refractivity contribution in [3.8, 4) is 0 Å². The van der Waals surface area contributed by atoms with Crippen molar-refractivity contribution < 1.29 is 19.4 Å². The molecule has 0 aliphatic heterocycles. The molecule has 1 fully saturated rings. The van der Waals surface area contributed by atoms with E-state index in [2.05, 4.69) is 28.7 Å². The van der Waals surface area contributed by atoms with Gasteiger partial charge in [-0.3, -0.25) is 0 Å². The predicted molar refractivity (Wildman–Crippen MR) is 113 cm³/mol. The predicted octanol–water partition coefficient (Wildman–Crippen LogP) is 4.80. The minimum atomic E-state index is -0.962. The fourth-order valence-corrected chi connectivity index (χ4v) is 3.74. The number of ether oxygens (including phenoxy) is 1. The summed E-state index contributed by atoms with van der Waals surface area (Å²) in [6.07, 6.45) is 10.4. The Bertz CT molecular complexity index is 743. The van der Waals surface area contributed by atoms with E-state index in [1.165, 1.54) is 12.8 Å². The number of carbonyl (C=O) groups excluding carboxylic acids is 1. The van der Waals surface area contributed by atoms with E-state index >= 15 is 0 Å². The zero-order valence-electron chi connectivity index (χ0n) is 18.3. The molecule has 1 aliphatic carbocycles. The minimum absolute atomic E-state index is 0.283. The largest absolute Gasteiger partial charge is 0.478 e. The highest BCUT2D eigenvalue weighted by Gasteiger charge is 2.28. The number of imidazole rings is 1. The normalized spacial score (nSPS) is 19.6. The Morgan fingerprint density at radius 2 is 2.14 bits per heavy atom. The van der Waals surface area contributed by atoms with Crippen LogP contribution in [-0.4, -0.2) is 38.9 Å². The van der Waals surface area contributed by atoms with Gasteiger partial charge in [-0.25, -0.2) is 14.6 Å². The molecule has 1 amide bonds. The molecule has 1 aromatic heterocycles. The van der Waals surface area contributed by atoms with E-state index in [0.717, 1.165) is 12.8 Å². The van der Waals surface area contributed by atoms with E-state index in [1.54, 1.807) is 33.2 Å². The molecule has 0 aromatic carbocycles. The zero-order chi connectivity index (χ0) is 21.7. The quantitative estimate of drug-likeness (QED) is 0.502. The smallest absolute Gasteiger partial charge is 0.407 e. The highest BCUT2D eigenvalue weighted by Crippen LogP contribution is 2.40. The van der Waals surface area contributed by atoms with Crippen LogP contribution < -0.4 is 5.32 Å². The Labute approximate surface area is 173 Å². The van der Waals surface area contributed by atoms with Gasteiger partial charge in [0, 0.05) is 24.4 Å². The van der Waals surface area contributed by atoms with Crippen molar-refractivity contribution in [3.63, 3.8) is 0 Å². The van der Waals surface area contributed by atoms with Crippen LogP contribution in [0.5, 0.6) is 0 Å². The summed E-state index contributed by atoms with van der Waals surface area (Å²) < 4.78 is 7.29. The van der Waals surface area contributed by atoms with Crippen LogP contribution >= 0.6 is 0 Å². The highest BCUT2D eigenvalue weighted by atomic mass is 16.6. The van der Waals surface area contributed by atoms with Gasteiger partial charge in [-0.1, -0.05) is 20.3 Å². The molecule has 0 radical (unpaired) electrons. The van der Waals surface area contributed by atoms with Crippen LogP contribution in [0.15, 0.2) is 18.1 Å². The maximum Gasteiger partial charge on any atom is 0.407 e. The Kier molecular flexibility index (Phi) is 7.49. The number of aliphatic carboxylic acids is 1. The lowest BCUT2D eigenvalue weighted by molar-refractivity contribution is -0.132. The van der Waals surface area contributed by atoms with Crippen LogP contribution in [0.4, 0.5) is 4.79 Å². The summed E-state index contributed by atoms with van der Waals surface area (Å²) in [6.45, 7) is 10.3. The molecule has 29 heavy (non-hydrogen) atoms. The molecular formula is C22H35N3O4. The lowest BCUT2D eigenvalue weighted by Gasteiger charge is -2.35. The molecule has 0 bridgehead atoms. The van der Waals surface area contributed by atoms with Gasteiger partial charge in [0.25, 0.3) is 0 Å². The van der Waals surface area contributed by atoms with Gasteiger partial charge in [-0.2, -0.15) is 0 Å². The van der Waals surface area contributed by atoms with Crippen molar-refractivity contribution in [1.29, 1.82) is 0 Å². The second-order valence-electron chi connectivity index (χ2n) is 9.67. The van der Waals surface area contributed by atoms with Crippen LogP contribution in [0, 0.1) is 5.41 Å². The first-order valence-electron chi connectivity index (χ1n) is 10.4. The Morgan fingerprint density at radius 3 is 2.76 bits per heavy atom. The molecule has 1 atom stereocenters. The Hall–Kier alpha value is -2.31. The summed E-state index contributed by atoms with van der Waals surface area (Å²) in [4.78, 5) is 27.6. The lowest BCUT2D eigenvalue weighted by atomic mass is 9.75. The molecule has 0 spiro atoms. The summed E-state index contributed by atoms with van der Waals surface area (Å²) in [5, 5.41) is 12.2. The molecule has 0 saturated heterocycles. The van der Waals surface area contributed by atoms with Crippen molar-refractivity contribution in [2.75, 3.05) is 6.54 Å². The average Bonchev–Trinajstić information content (AvgIpc) is 3.03. The number of hydrogen-bond acceptors (Lipinski definition) is 4. The van der Waals surface area contributed by atoms with Crippen LogP contribution in [0.1, 0.15) is 84.9 Å². The average molecular weight is 406 g/mol. The number of alkyl carbamates (subject to hydrolysis) is 1. The first-order chi connectivity index (χ1) is 13.5. The third-order valence-corrected chi connectivity index (χ3v) is 5.11. The molecule has 2 N–H and O–H groups in total. The van der Waals surface area contributed by atoms with Crippen LogP contribution in [0.3, 0.4) is 0 Å². The Balaban J connectivity index is 1.91. The van der Waals surface area contributed by atoms with E-state index in [9.17, 15) is 14.7 Å². The van der Waals surface area contributed by atoms with Crippen molar-refractivity contribution in [2.45, 2.75) is 84.8 Å². The fourth-order valence-electron chi connectivity index (χ4n) is 3.74. The summed E-state index contributed by atoms with van der Waals surface area (Å²) in [5.41, 5.74) is 0.718. The molecule has 7 nitrogen and oxygen atoms in total. The molecule has 2 rings (SSSR count). The second kappa shape index (κ2) is 9.46. The second-order valence-corrected chi connectivity index (χ2v) is 9.67. The molecule has 1 unspecified atom stereocenters. The van der Waals surface area contributed by atoms with Gasteiger partial charge in [0.15, 0.2) is 0 Å². The van der Waals surface area contributed by atoms with E-state index in [4.69, 9.17) is 4.74 Å². The van der Waals surface area contributed by atoms with Crippen molar-refractivity contribution in [1.82, 2.24) is 14.9 Å². The monoisotopic (exact) mass is 405 g/mol. The molecule has 1 aromatic rings. The summed E-state index contributed by atoms with van der Waals surface area (Å²) in [6, 6.07) is 0.416. The summed E-state index contributed by atoms with van der Waals surface area (Å²) >= 11 is 0. The number of amides is 1. The standard InChI is InChI=1S/C22H35N3O4/c1-21(2,3)29-20(28)23-11-7-8-16(19(26)27)12-17-14-25(15-24-17)18-9-6-10-22(4,5)13-18/h12,14-15,18H,6-11,13H2,1-5H3,(H,23,28)(H,26,27)/b16-12+. The molecule has 7 heteroatoms. The maximum atomic E-state index is 11.6. The van der Waals surface area contributed by atoms with Crippen LogP contribution in [0.25, 0.3) is 6.08 Å². The van der Waals surface area contributed by atoms with Gasteiger partial charge in [0.05, 0.1) is 12.0 Å². The van der Waals surface area contributed by atoms with Gasteiger partial charge in [0.1, 0.15) is 5.60 Å². The van der Waals surface area contributed by atoms with Gasteiger partial charge in [0.2, 0.25) is 0 Å². The third-order valence-electron chi connectivity index (χ3n) is 5.11. The highest BCUT2D eigenvalue weighted by molar-refractivity contribution is 5.91. The maximum absolute atomic E-state index is 11.6. The van der Waals surface area contributed by atoms with Crippen LogP contribution in [0.2, 0.25) is 0 Å². The van der Waals surface area contributed by atoms with Gasteiger partial charge >= 0.3 is 12.1 Å². The number of carboxylic acid groups (broad SMARTS) is 1. The number of carbonyl (C=O) groups is 2. The van der Waals surface area contributed by atoms with Gasteiger partial charge in [-0.15, -0.1) is 0 Å². The summed E-state index contributed by atoms with van der Waals surface area (Å²) in [5.74, 6) is -0.962. The first-order valence-corrected chi connectivity index (χ1v) is 10.4. The van der Waals surface area contributed by atoms with Crippen molar-refractivity contribution in [2.24, 2.45) is 5.41 Å². The van der Waals surface area contributed by atoms with E-state index in [-0.39, 0.29) is 5.57 Å².